The van der Waals surface area contributed by atoms with Gasteiger partial charge in [0.15, 0.2) is 11.0 Å². The fraction of sp³-hybridized carbons (Fsp3) is 0.211. The van der Waals surface area contributed by atoms with Crippen molar-refractivity contribution >= 4 is 11.8 Å². The maximum atomic E-state index is 5.83. The zero-order valence-electron chi connectivity index (χ0n) is 15.4. The van der Waals surface area contributed by atoms with E-state index >= 15 is 0 Å². The first-order valence-electron chi connectivity index (χ1n) is 8.76. The zero-order valence-corrected chi connectivity index (χ0v) is 16.3. The van der Waals surface area contributed by atoms with Crippen molar-refractivity contribution in [3.05, 3.63) is 60.6 Å². The Hall–Kier alpha value is -3.20. The van der Waals surface area contributed by atoms with Crippen molar-refractivity contribution in [1.82, 2.24) is 29.9 Å². The Morgan fingerprint density at radius 2 is 1.96 bits per heavy atom. The van der Waals surface area contributed by atoms with Crippen LogP contribution in [0.25, 0.3) is 17.1 Å². The molecule has 9 heteroatoms. The minimum atomic E-state index is 0.489. The number of pyridine rings is 1. The maximum absolute atomic E-state index is 5.83. The molecule has 0 amide bonds. The molecule has 4 rings (SSSR count). The average Bonchev–Trinajstić information content (AvgIpc) is 3.34. The summed E-state index contributed by atoms with van der Waals surface area (Å²) in [5.41, 5.74) is 1.72. The van der Waals surface area contributed by atoms with E-state index in [9.17, 15) is 0 Å². The molecule has 4 aromatic rings. The highest BCUT2D eigenvalue weighted by molar-refractivity contribution is 7.98. The van der Waals surface area contributed by atoms with Crippen LogP contribution in [-0.4, -0.2) is 36.6 Å². The van der Waals surface area contributed by atoms with Crippen molar-refractivity contribution in [3.8, 4) is 22.8 Å². The van der Waals surface area contributed by atoms with Crippen LogP contribution in [0.1, 0.15) is 18.7 Å². The SMILES string of the molecule is CCOc1ccccc1-n1c(SCc2nnc(C)o2)nnc1-c1cccnc1. The van der Waals surface area contributed by atoms with Gasteiger partial charge in [0.2, 0.25) is 11.8 Å². The number of benzene rings is 1. The number of aromatic nitrogens is 6. The second-order valence-electron chi connectivity index (χ2n) is 5.79. The van der Waals surface area contributed by atoms with E-state index in [2.05, 4.69) is 25.4 Å². The van der Waals surface area contributed by atoms with Crippen LogP contribution in [-0.2, 0) is 5.75 Å². The Morgan fingerprint density at radius 3 is 2.71 bits per heavy atom. The van der Waals surface area contributed by atoms with Crippen LogP contribution >= 0.6 is 11.8 Å². The normalized spacial score (nSPS) is 10.9. The third-order valence-electron chi connectivity index (χ3n) is 3.85. The van der Waals surface area contributed by atoms with Gasteiger partial charge in [0.1, 0.15) is 5.75 Å². The lowest BCUT2D eigenvalue weighted by molar-refractivity contribution is 0.338. The van der Waals surface area contributed by atoms with Crippen LogP contribution in [0.3, 0.4) is 0 Å². The number of aryl methyl sites for hydroxylation is 1. The van der Waals surface area contributed by atoms with E-state index < -0.39 is 0 Å². The summed E-state index contributed by atoms with van der Waals surface area (Å²) in [6.07, 6.45) is 3.49. The van der Waals surface area contributed by atoms with Crippen molar-refractivity contribution in [2.45, 2.75) is 24.8 Å². The van der Waals surface area contributed by atoms with Gasteiger partial charge in [-0.25, -0.2) is 0 Å². The predicted molar refractivity (Wildman–Crippen MR) is 104 cm³/mol. The van der Waals surface area contributed by atoms with Gasteiger partial charge in [0.25, 0.3) is 0 Å². The molecule has 0 saturated heterocycles. The van der Waals surface area contributed by atoms with Gasteiger partial charge in [-0.3, -0.25) is 9.55 Å². The molecule has 0 spiro atoms. The summed E-state index contributed by atoms with van der Waals surface area (Å²) in [6, 6.07) is 11.6. The number of thioether (sulfide) groups is 1. The summed E-state index contributed by atoms with van der Waals surface area (Å²) < 4.78 is 13.3. The van der Waals surface area contributed by atoms with Crippen LogP contribution in [0.5, 0.6) is 5.75 Å². The van der Waals surface area contributed by atoms with Crippen LogP contribution in [0.4, 0.5) is 0 Å². The van der Waals surface area contributed by atoms with Crippen molar-refractivity contribution in [2.75, 3.05) is 6.61 Å². The molecule has 0 N–H and O–H groups in total. The molecule has 0 saturated carbocycles. The summed E-state index contributed by atoms with van der Waals surface area (Å²) in [4.78, 5) is 4.21. The van der Waals surface area contributed by atoms with Crippen LogP contribution in [0.2, 0.25) is 0 Å². The summed E-state index contributed by atoms with van der Waals surface area (Å²) in [5.74, 6) is 3.01. The van der Waals surface area contributed by atoms with Crippen LogP contribution in [0.15, 0.2) is 58.4 Å². The lowest BCUT2D eigenvalue weighted by Gasteiger charge is -2.14. The molecule has 0 radical (unpaired) electrons. The Kier molecular flexibility index (Phi) is 5.34. The Bertz CT molecular complexity index is 1060. The van der Waals surface area contributed by atoms with Gasteiger partial charge in [-0.1, -0.05) is 23.9 Å². The highest BCUT2D eigenvalue weighted by atomic mass is 32.2. The first-order chi connectivity index (χ1) is 13.8. The maximum Gasteiger partial charge on any atom is 0.226 e. The fourth-order valence-electron chi connectivity index (χ4n) is 2.70. The molecule has 0 aliphatic heterocycles. The van der Waals surface area contributed by atoms with Crippen LogP contribution in [0, 0.1) is 6.92 Å². The minimum absolute atomic E-state index is 0.489. The molecule has 0 bridgehead atoms. The predicted octanol–water partition coefficient (Wildman–Crippen LogP) is 3.71. The third kappa shape index (κ3) is 3.74. The highest BCUT2D eigenvalue weighted by Gasteiger charge is 2.20. The van der Waals surface area contributed by atoms with Crippen molar-refractivity contribution in [2.24, 2.45) is 0 Å². The number of rotatable bonds is 7. The average molecular weight is 394 g/mol. The molecule has 1 aromatic carbocycles. The molecule has 142 valence electrons. The first kappa shape index (κ1) is 18.2. The van der Waals surface area contributed by atoms with E-state index in [0.717, 1.165) is 17.0 Å². The van der Waals surface area contributed by atoms with E-state index in [1.165, 1.54) is 11.8 Å². The summed E-state index contributed by atoms with van der Waals surface area (Å²) >= 11 is 1.47. The van der Waals surface area contributed by atoms with Crippen molar-refractivity contribution < 1.29 is 9.15 Å². The molecule has 0 aliphatic rings. The van der Waals surface area contributed by atoms with E-state index in [0.29, 0.717) is 35.1 Å². The molecule has 8 nitrogen and oxygen atoms in total. The lowest BCUT2D eigenvalue weighted by Crippen LogP contribution is -2.04. The number of para-hydroxylation sites is 2. The molecule has 3 aromatic heterocycles. The summed E-state index contributed by atoms with van der Waals surface area (Å²) in [6.45, 7) is 4.28. The lowest BCUT2D eigenvalue weighted by atomic mass is 10.2. The molecule has 3 heterocycles. The van der Waals surface area contributed by atoms with Gasteiger partial charge >= 0.3 is 0 Å². The van der Waals surface area contributed by atoms with Gasteiger partial charge in [-0.2, -0.15) is 0 Å². The smallest absolute Gasteiger partial charge is 0.226 e. The van der Waals surface area contributed by atoms with Gasteiger partial charge in [0.05, 0.1) is 18.0 Å². The second-order valence-corrected chi connectivity index (χ2v) is 6.73. The summed E-state index contributed by atoms with van der Waals surface area (Å²) in [7, 11) is 0. The largest absolute Gasteiger partial charge is 0.492 e. The molecular formula is C19H18N6O2S. The van der Waals surface area contributed by atoms with E-state index in [1.807, 2.05) is 47.9 Å². The zero-order chi connectivity index (χ0) is 19.3. The topological polar surface area (TPSA) is 91.8 Å². The molecular weight excluding hydrogens is 376 g/mol. The third-order valence-corrected chi connectivity index (χ3v) is 4.77. The van der Waals surface area contributed by atoms with E-state index in [1.54, 1.807) is 19.3 Å². The molecule has 0 aliphatic carbocycles. The monoisotopic (exact) mass is 394 g/mol. The minimum Gasteiger partial charge on any atom is -0.492 e. The first-order valence-corrected chi connectivity index (χ1v) is 9.74. The highest BCUT2D eigenvalue weighted by Crippen LogP contribution is 2.33. The molecule has 0 atom stereocenters. The number of nitrogens with zero attached hydrogens (tertiary/aromatic N) is 6. The molecule has 28 heavy (non-hydrogen) atoms. The standard InChI is InChI=1S/C19H18N6O2S/c1-3-26-16-9-5-4-8-15(16)25-18(14-7-6-10-20-11-14)23-24-19(25)28-12-17-22-21-13(2)27-17/h4-11H,3,12H2,1-2H3. The van der Waals surface area contributed by atoms with Crippen molar-refractivity contribution in [1.29, 1.82) is 0 Å². The van der Waals surface area contributed by atoms with E-state index in [4.69, 9.17) is 9.15 Å². The number of hydrogen-bond donors (Lipinski definition) is 0. The Labute approximate surface area is 166 Å². The fourth-order valence-corrected chi connectivity index (χ4v) is 3.49. The molecule has 0 unspecified atom stereocenters. The second kappa shape index (κ2) is 8.22. The van der Waals surface area contributed by atoms with E-state index in [-0.39, 0.29) is 0 Å². The van der Waals surface area contributed by atoms with Gasteiger partial charge in [0, 0.05) is 24.9 Å². The molecule has 0 fully saturated rings. The van der Waals surface area contributed by atoms with Gasteiger partial charge in [-0.15, -0.1) is 20.4 Å². The summed E-state index contributed by atoms with van der Waals surface area (Å²) in [5, 5.41) is 17.4. The van der Waals surface area contributed by atoms with Crippen LogP contribution < -0.4 is 4.74 Å². The number of ether oxygens (including phenoxy) is 1. The van der Waals surface area contributed by atoms with Gasteiger partial charge in [-0.05, 0) is 31.2 Å². The number of hydrogen-bond acceptors (Lipinski definition) is 8. The van der Waals surface area contributed by atoms with Crippen molar-refractivity contribution in [3.63, 3.8) is 0 Å². The van der Waals surface area contributed by atoms with Gasteiger partial charge < -0.3 is 9.15 Å². The quantitative estimate of drug-likeness (QED) is 0.438. The Morgan fingerprint density at radius 1 is 1.07 bits per heavy atom. The Balaban J connectivity index is 1.78.